The largest absolute Gasteiger partial charge is 0.385 e. The van der Waals surface area contributed by atoms with Crippen molar-refractivity contribution < 1.29 is 9.53 Å². The summed E-state index contributed by atoms with van der Waals surface area (Å²) in [6.07, 6.45) is 8.28. The molecule has 0 heterocycles. The number of nitrogens with zero attached hydrogens (tertiary/aromatic N) is 1. The fraction of sp³-hybridized carbons (Fsp3) is 0.652. The number of benzene rings is 1. The van der Waals surface area contributed by atoms with Gasteiger partial charge in [0.2, 0.25) is 0 Å². The van der Waals surface area contributed by atoms with Crippen LogP contribution in [0.2, 0.25) is 0 Å². The van der Waals surface area contributed by atoms with Crippen LogP contribution in [0.25, 0.3) is 0 Å². The second-order valence-corrected chi connectivity index (χ2v) is 8.04. The first-order chi connectivity index (χ1) is 14.1. The molecule has 170 valence electrons. The zero-order valence-electron chi connectivity index (χ0n) is 18.8. The molecule has 0 spiro atoms. The molecule has 6 nitrogen and oxygen atoms in total. The molecule has 1 aliphatic carbocycles. The number of nitrogens with one attached hydrogen (secondary N) is 3. The molecule has 0 atom stereocenters. The molecule has 0 saturated heterocycles. The monoisotopic (exact) mass is 530 g/mol. The summed E-state index contributed by atoms with van der Waals surface area (Å²) < 4.78 is 5.32. The Labute approximate surface area is 199 Å². The number of ether oxygens (including phenoxy) is 1. The molecule has 30 heavy (non-hydrogen) atoms. The van der Waals surface area contributed by atoms with Gasteiger partial charge < -0.3 is 20.7 Å². The highest BCUT2D eigenvalue weighted by Crippen LogP contribution is 2.40. The van der Waals surface area contributed by atoms with Gasteiger partial charge in [0.15, 0.2) is 5.96 Å². The zero-order valence-corrected chi connectivity index (χ0v) is 21.1. The standard InChI is InChI=1S/C23H38N4O2.HI/c1-4-5-15-25-21(28)20-10-8-19(9-11-20)17-26-22(24-2)27-18-23(14-16-29-3)12-6-7-13-23;/h8-11H,4-7,12-18H2,1-3H3,(H,25,28)(H2,24,26,27);1H. The molecule has 1 aliphatic rings. The van der Waals surface area contributed by atoms with Gasteiger partial charge in [-0.1, -0.05) is 38.3 Å². The lowest BCUT2D eigenvalue weighted by molar-refractivity contribution is 0.0953. The van der Waals surface area contributed by atoms with E-state index in [2.05, 4.69) is 27.9 Å². The number of unbranched alkanes of at least 4 members (excludes halogenated alkanes) is 1. The SMILES string of the molecule is CCCCNC(=O)c1ccc(CNC(=NC)NCC2(CCOC)CCCC2)cc1.I. The molecule has 7 heteroatoms. The second-order valence-electron chi connectivity index (χ2n) is 8.04. The minimum Gasteiger partial charge on any atom is -0.385 e. The zero-order chi connectivity index (χ0) is 21.0. The van der Waals surface area contributed by atoms with Crippen LogP contribution in [0, 0.1) is 5.41 Å². The van der Waals surface area contributed by atoms with Crippen molar-refractivity contribution >= 4 is 35.8 Å². The van der Waals surface area contributed by atoms with E-state index >= 15 is 0 Å². The summed E-state index contributed by atoms with van der Waals surface area (Å²) in [5.41, 5.74) is 2.14. The highest BCUT2D eigenvalue weighted by atomic mass is 127. The topological polar surface area (TPSA) is 74.8 Å². The number of aliphatic imine (C=N–C) groups is 1. The van der Waals surface area contributed by atoms with Crippen LogP contribution in [0.4, 0.5) is 0 Å². The van der Waals surface area contributed by atoms with Crippen molar-refractivity contribution in [3.8, 4) is 0 Å². The molecule has 0 radical (unpaired) electrons. The van der Waals surface area contributed by atoms with E-state index in [1.54, 1.807) is 14.2 Å². The first kappa shape index (κ1) is 26.7. The number of hydrogen-bond acceptors (Lipinski definition) is 3. The second kappa shape index (κ2) is 14.6. The van der Waals surface area contributed by atoms with Gasteiger partial charge in [0.1, 0.15) is 0 Å². The average Bonchev–Trinajstić information content (AvgIpc) is 3.22. The van der Waals surface area contributed by atoms with Crippen molar-refractivity contribution in [3.63, 3.8) is 0 Å². The number of halogens is 1. The Kier molecular flexibility index (Phi) is 13.0. The van der Waals surface area contributed by atoms with Crippen LogP contribution in [-0.4, -0.2) is 45.7 Å². The summed E-state index contributed by atoms with van der Waals surface area (Å²) in [5.74, 6) is 0.809. The van der Waals surface area contributed by atoms with Crippen molar-refractivity contribution in [1.82, 2.24) is 16.0 Å². The van der Waals surface area contributed by atoms with E-state index in [1.165, 1.54) is 25.7 Å². The number of hydrogen-bond donors (Lipinski definition) is 3. The Hall–Kier alpha value is -1.35. The van der Waals surface area contributed by atoms with E-state index in [1.807, 2.05) is 24.3 Å². The molecule has 1 saturated carbocycles. The van der Waals surface area contributed by atoms with Gasteiger partial charge in [-0.25, -0.2) is 0 Å². The van der Waals surface area contributed by atoms with Crippen LogP contribution in [0.5, 0.6) is 0 Å². The highest BCUT2D eigenvalue weighted by Gasteiger charge is 2.33. The molecule has 1 aromatic carbocycles. The van der Waals surface area contributed by atoms with Gasteiger partial charge in [-0.15, -0.1) is 24.0 Å². The smallest absolute Gasteiger partial charge is 0.251 e. The van der Waals surface area contributed by atoms with Crippen molar-refractivity contribution in [3.05, 3.63) is 35.4 Å². The van der Waals surface area contributed by atoms with Crippen LogP contribution >= 0.6 is 24.0 Å². The van der Waals surface area contributed by atoms with Gasteiger partial charge in [0, 0.05) is 46.0 Å². The van der Waals surface area contributed by atoms with E-state index < -0.39 is 0 Å². The normalized spacial score (nSPS) is 15.4. The number of carbonyl (C=O) groups excluding carboxylic acids is 1. The highest BCUT2D eigenvalue weighted by molar-refractivity contribution is 14.0. The first-order valence-electron chi connectivity index (χ1n) is 10.9. The Bertz CT molecular complexity index is 643. The molecule has 1 aromatic rings. The third kappa shape index (κ3) is 8.79. The summed E-state index contributed by atoms with van der Waals surface area (Å²) in [6.45, 7) is 5.25. The Balaban J connectivity index is 0.00000450. The van der Waals surface area contributed by atoms with Gasteiger partial charge in [-0.3, -0.25) is 9.79 Å². The first-order valence-corrected chi connectivity index (χ1v) is 10.9. The lowest BCUT2D eigenvalue weighted by atomic mass is 9.83. The lowest BCUT2D eigenvalue weighted by Crippen LogP contribution is -2.43. The number of amides is 1. The summed E-state index contributed by atoms with van der Waals surface area (Å²) in [7, 11) is 3.58. The average molecular weight is 530 g/mol. The summed E-state index contributed by atoms with van der Waals surface area (Å²) in [5, 5.41) is 9.84. The minimum absolute atomic E-state index is 0. The molecule has 2 rings (SSSR count). The molecule has 0 unspecified atom stereocenters. The third-order valence-corrected chi connectivity index (χ3v) is 5.85. The van der Waals surface area contributed by atoms with E-state index in [9.17, 15) is 4.79 Å². The van der Waals surface area contributed by atoms with Crippen molar-refractivity contribution in [2.45, 2.75) is 58.4 Å². The maximum absolute atomic E-state index is 12.1. The van der Waals surface area contributed by atoms with Crippen LogP contribution in [0.15, 0.2) is 29.3 Å². The van der Waals surface area contributed by atoms with E-state index in [4.69, 9.17) is 4.74 Å². The molecule has 0 bridgehead atoms. The molecule has 1 amide bonds. The van der Waals surface area contributed by atoms with Crippen LogP contribution < -0.4 is 16.0 Å². The van der Waals surface area contributed by atoms with Crippen LogP contribution in [0.3, 0.4) is 0 Å². The predicted octanol–water partition coefficient (Wildman–Crippen LogP) is 4.10. The number of guanidine groups is 1. The van der Waals surface area contributed by atoms with Crippen LogP contribution in [0.1, 0.15) is 67.8 Å². The number of methoxy groups -OCH3 is 1. The predicted molar refractivity (Wildman–Crippen MR) is 135 cm³/mol. The molecular weight excluding hydrogens is 491 g/mol. The van der Waals surface area contributed by atoms with Gasteiger partial charge in [0.25, 0.3) is 5.91 Å². The Morgan fingerprint density at radius 3 is 2.43 bits per heavy atom. The Morgan fingerprint density at radius 2 is 1.83 bits per heavy atom. The number of carbonyl (C=O) groups is 1. The van der Waals surface area contributed by atoms with Crippen molar-refractivity contribution in [2.24, 2.45) is 10.4 Å². The number of rotatable bonds is 11. The lowest BCUT2D eigenvalue weighted by Gasteiger charge is -2.30. The molecule has 0 aliphatic heterocycles. The molecule has 3 N–H and O–H groups in total. The van der Waals surface area contributed by atoms with E-state index in [0.29, 0.717) is 17.5 Å². The van der Waals surface area contributed by atoms with Gasteiger partial charge in [0.05, 0.1) is 0 Å². The molecule has 1 fully saturated rings. The fourth-order valence-corrected chi connectivity index (χ4v) is 3.89. The summed E-state index contributed by atoms with van der Waals surface area (Å²) in [6, 6.07) is 7.75. The maximum atomic E-state index is 12.1. The summed E-state index contributed by atoms with van der Waals surface area (Å²) in [4.78, 5) is 16.5. The van der Waals surface area contributed by atoms with Crippen molar-refractivity contribution in [2.75, 3.05) is 33.9 Å². The van der Waals surface area contributed by atoms with Crippen LogP contribution in [-0.2, 0) is 11.3 Å². The van der Waals surface area contributed by atoms with E-state index in [0.717, 1.165) is 50.5 Å². The third-order valence-electron chi connectivity index (χ3n) is 5.85. The van der Waals surface area contributed by atoms with Gasteiger partial charge in [-0.05, 0) is 48.8 Å². The maximum Gasteiger partial charge on any atom is 0.251 e. The van der Waals surface area contributed by atoms with E-state index in [-0.39, 0.29) is 29.9 Å². The van der Waals surface area contributed by atoms with Gasteiger partial charge >= 0.3 is 0 Å². The Morgan fingerprint density at radius 1 is 1.13 bits per heavy atom. The summed E-state index contributed by atoms with van der Waals surface area (Å²) >= 11 is 0. The molecule has 0 aromatic heterocycles. The fourth-order valence-electron chi connectivity index (χ4n) is 3.89. The molecular formula is C23H39IN4O2. The van der Waals surface area contributed by atoms with Gasteiger partial charge in [-0.2, -0.15) is 0 Å². The van der Waals surface area contributed by atoms with Crippen molar-refractivity contribution in [1.29, 1.82) is 0 Å². The quantitative estimate of drug-likeness (QED) is 0.174. The minimum atomic E-state index is -0.00615.